The van der Waals surface area contributed by atoms with Crippen molar-refractivity contribution < 1.29 is 9.59 Å². The molecule has 0 fully saturated rings. The Balaban J connectivity index is 1.68. The summed E-state index contributed by atoms with van der Waals surface area (Å²) in [5, 5.41) is 7.21. The third-order valence-electron chi connectivity index (χ3n) is 3.21. The summed E-state index contributed by atoms with van der Waals surface area (Å²) in [5.41, 5.74) is 3.86. The molecule has 0 heterocycles. The predicted molar refractivity (Wildman–Crippen MR) is 104 cm³/mol. The number of amides is 2. The van der Waals surface area contributed by atoms with Crippen LogP contribution < -0.4 is 10.7 Å². The van der Waals surface area contributed by atoms with Crippen LogP contribution in [0.1, 0.15) is 24.8 Å². The Kier molecular flexibility index (Phi) is 7.63. The lowest BCUT2D eigenvalue weighted by Gasteiger charge is -2.05. The van der Waals surface area contributed by atoms with E-state index in [1.165, 1.54) is 6.21 Å². The molecule has 2 rings (SSSR count). The fraction of sp³-hybridized carbons (Fsp3) is 0.167. The summed E-state index contributed by atoms with van der Waals surface area (Å²) in [7, 11) is 0. The van der Waals surface area contributed by atoms with Crippen molar-refractivity contribution >= 4 is 51.2 Å². The molecule has 0 saturated carbocycles. The van der Waals surface area contributed by atoms with Gasteiger partial charge in [0.15, 0.2) is 0 Å². The van der Waals surface area contributed by atoms with Gasteiger partial charge in [-0.05, 0) is 30.7 Å². The second-order valence-corrected chi connectivity index (χ2v) is 6.55. The third-order valence-corrected chi connectivity index (χ3v) is 4.05. The van der Waals surface area contributed by atoms with E-state index >= 15 is 0 Å². The molecule has 0 aliphatic heterocycles. The lowest BCUT2D eigenvalue weighted by molar-refractivity contribution is -0.121. The highest BCUT2D eigenvalue weighted by Crippen LogP contribution is 2.16. The first-order chi connectivity index (χ1) is 12.0. The van der Waals surface area contributed by atoms with Crippen LogP contribution >= 0.6 is 27.5 Å². The van der Waals surface area contributed by atoms with Gasteiger partial charge in [0.25, 0.3) is 0 Å². The molecule has 2 aromatic rings. The van der Waals surface area contributed by atoms with Crippen LogP contribution in [0.3, 0.4) is 0 Å². The highest BCUT2D eigenvalue weighted by molar-refractivity contribution is 9.10. The van der Waals surface area contributed by atoms with E-state index in [2.05, 4.69) is 31.8 Å². The van der Waals surface area contributed by atoms with Crippen LogP contribution in [0.2, 0.25) is 5.02 Å². The van der Waals surface area contributed by atoms with E-state index in [4.69, 9.17) is 11.6 Å². The SMILES string of the molecule is O=C(CCCC(=O)Nc1cccc(Br)c1)NN=Cc1ccccc1Cl. The molecular weight excluding hydrogens is 406 g/mol. The molecule has 130 valence electrons. The van der Waals surface area contributed by atoms with E-state index in [0.29, 0.717) is 17.1 Å². The molecule has 2 N–H and O–H groups in total. The Morgan fingerprint density at radius 2 is 1.84 bits per heavy atom. The van der Waals surface area contributed by atoms with Gasteiger partial charge in [0, 0.05) is 33.6 Å². The normalized spacial score (nSPS) is 10.6. The van der Waals surface area contributed by atoms with Crippen LogP contribution in [0.15, 0.2) is 58.1 Å². The highest BCUT2D eigenvalue weighted by Gasteiger charge is 2.05. The smallest absolute Gasteiger partial charge is 0.240 e. The van der Waals surface area contributed by atoms with Gasteiger partial charge in [-0.1, -0.05) is 51.8 Å². The first kappa shape index (κ1) is 19.1. The van der Waals surface area contributed by atoms with Gasteiger partial charge in [-0.15, -0.1) is 0 Å². The van der Waals surface area contributed by atoms with E-state index in [1.54, 1.807) is 18.2 Å². The zero-order chi connectivity index (χ0) is 18.1. The number of hydrogen-bond acceptors (Lipinski definition) is 3. The van der Waals surface area contributed by atoms with Gasteiger partial charge in [-0.2, -0.15) is 5.10 Å². The number of halogens is 2. The summed E-state index contributed by atoms with van der Waals surface area (Å²) in [6.45, 7) is 0. The average Bonchev–Trinajstić information content (AvgIpc) is 2.56. The van der Waals surface area contributed by atoms with Crippen molar-refractivity contribution in [1.82, 2.24) is 5.43 Å². The van der Waals surface area contributed by atoms with Crippen LogP contribution in [0.5, 0.6) is 0 Å². The maximum atomic E-state index is 11.8. The maximum absolute atomic E-state index is 11.8. The first-order valence-corrected chi connectivity index (χ1v) is 8.83. The molecule has 0 aliphatic rings. The summed E-state index contributed by atoms with van der Waals surface area (Å²) in [6, 6.07) is 14.5. The number of anilines is 1. The quantitative estimate of drug-likeness (QED) is 0.514. The average molecular weight is 423 g/mol. The number of carbonyl (C=O) groups is 2. The van der Waals surface area contributed by atoms with Crippen molar-refractivity contribution in [2.45, 2.75) is 19.3 Å². The van der Waals surface area contributed by atoms with E-state index in [1.807, 2.05) is 30.3 Å². The van der Waals surface area contributed by atoms with Crippen LogP contribution in [-0.4, -0.2) is 18.0 Å². The van der Waals surface area contributed by atoms with E-state index in [9.17, 15) is 9.59 Å². The van der Waals surface area contributed by atoms with Gasteiger partial charge in [-0.25, -0.2) is 5.43 Å². The number of carbonyl (C=O) groups excluding carboxylic acids is 2. The van der Waals surface area contributed by atoms with Crippen LogP contribution in [0.4, 0.5) is 5.69 Å². The molecule has 0 atom stereocenters. The van der Waals surface area contributed by atoms with Crippen molar-refractivity contribution in [1.29, 1.82) is 0 Å². The molecule has 25 heavy (non-hydrogen) atoms. The highest BCUT2D eigenvalue weighted by atomic mass is 79.9. The molecule has 0 aliphatic carbocycles. The molecule has 0 bridgehead atoms. The van der Waals surface area contributed by atoms with Gasteiger partial charge in [0.2, 0.25) is 11.8 Å². The van der Waals surface area contributed by atoms with Crippen molar-refractivity contribution in [3.8, 4) is 0 Å². The first-order valence-electron chi connectivity index (χ1n) is 7.66. The monoisotopic (exact) mass is 421 g/mol. The van der Waals surface area contributed by atoms with Gasteiger partial charge in [-0.3, -0.25) is 9.59 Å². The van der Waals surface area contributed by atoms with Gasteiger partial charge in [0.05, 0.1) is 6.21 Å². The number of rotatable bonds is 7. The Morgan fingerprint density at radius 1 is 1.08 bits per heavy atom. The standard InChI is InChI=1S/C18H17BrClN3O2/c19-14-6-3-7-15(11-14)22-17(24)9-4-10-18(25)23-21-12-13-5-1-2-8-16(13)20/h1-3,5-8,11-12H,4,9-10H2,(H,22,24)(H,23,25). The summed E-state index contributed by atoms with van der Waals surface area (Å²) in [5.74, 6) is -0.385. The molecule has 2 amide bonds. The third kappa shape index (κ3) is 7.07. The Bertz CT molecular complexity index is 780. The van der Waals surface area contributed by atoms with E-state index in [-0.39, 0.29) is 24.7 Å². The summed E-state index contributed by atoms with van der Waals surface area (Å²) < 4.78 is 0.890. The van der Waals surface area contributed by atoms with E-state index in [0.717, 1.165) is 10.0 Å². The predicted octanol–water partition coefficient (Wildman–Crippen LogP) is 4.36. The number of hydrogen-bond donors (Lipinski definition) is 2. The minimum atomic E-state index is -0.251. The molecule has 2 aromatic carbocycles. The van der Waals surface area contributed by atoms with Crippen molar-refractivity contribution in [3.63, 3.8) is 0 Å². The number of hydrazone groups is 1. The number of nitrogens with one attached hydrogen (secondary N) is 2. The van der Waals surface area contributed by atoms with Crippen LogP contribution in [-0.2, 0) is 9.59 Å². The molecule has 0 radical (unpaired) electrons. The van der Waals surface area contributed by atoms with Gasteiger partial charge >= 0.3 is 0 Å². The topological polar surface area (TPSA) is 70.6 Å². The fourth-order valence-corrected chi connectivity index (χ4v) is 2.59. The zero-order valence-corrected chi connectivity index (χ0v) is 15.7. The Hall–Kier alpha value is -2.18. The second-order valence-electron chi connectivity index (χ2n) is 5.23. The van der Waals surface area contributed by atoms with Crippen molar-refractivity contribution in [2.75, 3.05) is 5.32 Å². The summed E-state index contributed by atoms with van der Waals surface area (Å²) in [6.07, 6.45) is 2.40. The largest absolute Gasteiger partial charge is 0.326 e. The molecule has 0 spiro atoms. The molecule has 0 saturated heterocycles. The Labute approximate surface area is 159 Å². The lowest BCUT2D eigenvalue weighted by atomic mass is 10.2. The summed E-state index contributed by atoms with van der Waals surface area (Å²) >= 11 is 9.33. The molecule has 0 aromatic heterocycles. The number of benzene rings is 2. The fourth-order valence-electron chi connectivity index (χ4n) is 2.01. The zero-order valence-electron chi connectivity index (χ0n) is 13.3. The molecular formula is C18H17BrClN3O2. The van der Waals surface area contributed by atoms with Crippen molar-refractivity contribution in [3.05, 3.63) is 63.6 Å². The van der Waals surface area contributed by atoms with Gasteiger partial charge in [0.1, 0.15) is 0 Å². The van der Waals surface area contributed by atoms with Gasteiger partial charge < -0.3 is 5.32 Å². The molecule has 7 heteroatoms. The second kappa shape index (κ2) is 9.96. The van der Waals surface area contributed by atoms with Crippen LogP contribution in [0, 0.1) is 0 Å². The van der Waals surface area contributed by atoms with Crippen LogP contribution in [0.25, 0.3) is 0 Å². The lowest BCUT2D eigenvalue weighted by Crippen LogP contribution is -2.18. The number of nitrogens with zero attached hydrogens (tertiary/aromatic N) is 1. The minimum Gasteiger partial charge on any atom is -0.326 e. The molecule has 0 unspecified atom stereocenters. The molecule has 5 nitrogen and oxygen atoms in total. The minimum absolute atomic E-state index is 0.134. The van der Waals surface area contributed by atoms with Crippen molar-refractivity contribution in [2.24, 2.45) is 5.10 Å². The summed E-state index contributed by atoms with van der Waals surface area (Å²) in [4.78, 5) is 23.5. The Morgan fingerprint density at radius 3 is 2.60 bits per heavy atom. The maximum Gasteiger partial charge on any atom is 0.240 e. The van der Waals surface area contributed by atoms with E-state index < -0.39 is 0 Å².